The molecule has 28 heavy (non-hydrogen) atoms. The fraction of sp³-hybridized carbons (Fsp3) is 0.250. The molecule has 8 nitrogen and oxygen atoms in total. The summed E-state index contributed by atoms with van der Waals surface area (Å²) in [4.78, 5) is 16.3. The molecule has 144 valence electrons. The number of carbonyl (C=O) groups excluding carboxylic acids is 1. The molecule has 0 bridgehead atoms. The molecule has 0 spiro atoms. The van der Waals surface area contributed by atoms with Crippen LogP contribution < -0.4 is 15.4 Å². The van der Waals surface area contributed by atoms with Crippen molar-refractivity contribution in [3.05, 3.63) is 60.6 Å². The summed E-state index contributed by atoms with van der Waals surface area (Å²) in [6.07, 6.45) is 3.33. The number of nitrogens with one attached hydrogen (secondary N) is 2. The van der Waals surface area contributed by atoms with Crippen molar-refractivity contribution in [2.45, 2.75) is 12.3 Å². The van der Waals surface area contributed by atoms with E-state index in [4.69, 9.17) is 9.47 Å². The van der Waals surface area contributed by atoms with Gasteiger partial charge in [0, 0.05) is 31.2 Å². The minimum atomic E-state index is -0.340. The first-order chi connectivity index (χ1) is 13.5. The van der Waals surface area contributed by atoms with Gasteiger partial charge in [0.05, 0.1) is 24.3 Å². The summed E-state index contributed by atoms with van der Waals surface area (Å²) in [6, 6.07) is 12.2. The lowest BCUT2D eigenvalue weighted by atomic mass is 9.85. The van der Waals surface area contributed by atoms with Crippen LogP contribution >= 0.6 is 0 Å². The molecule has 1 aliphatic heterocycles. The van der Waals surface area contributed by atoms with Gasteiger partial charge in [-0.3, -0.25) is 15.0 Å². The van der Waals surface area contributed by atoms with E-state index < -0.39 is 0 Å². The van der Waals surface area contributed by atoms with Gasteiger partial charge >= 0.3 is 6.03 Å². The standard InChI is InChI=1S/C20H21N5O3/c1-20(12-27-13-20)17-11-18(25(2)24-17)23-19(26)22-14-3-5-15(6-4-14)28-16-7-9-21-10-8-16/h3-11H,12-13H2,1-2H3,(H2,22,23,26). The molecule has 2 aromatic heterocycles. The van der Waals surface area contributed by atoms with Gasteiger partial charge in [0.25, 0.3) is 0 Å². The normalized spacial score (nSPS) is 14.8. The minimum Gasteiger partial charge on any atom is -0.457 e. The van der Waals surface area contributed by atoms with Crippen LogP contribution in [0.2, 0.25) is 0 Å². The average molecular weight is 379 g/mol. The minimum absolute atomic E-state index is 0.0845. The van der Waals surface area contributed by atoms with Crippen molar-refractivity contribution < 1.29 is 14.3 Å². The number of anilines is 2. The van der Waals surface area contributed by atoms with E-state index in [1.165, 1.54) is 0 Å². The first-order valence-electron chi connectivity index (χ1n) is 8.90. The smallest absolute Gasteiger partial charge is 0.324 e. The van der Waals surface area contributed by atoms with Gasteiger partial charge in [0.15, 0.2) is 0 Å². The molecule has 1 aromatic carbocycles. The van der Waals surface area contributed by atoms with Gasteiger partial charge in [0.2, 0.25) is 0 Å². The van der Waals surface area contributed by atoms with E-state index in [9.17, 15) is 4.79 Å². The molecule has 0 saturated carbocycles. The molecular formula is C20H21N5O3. The van der Waals surface area contributed by atoms with Crippen LogP contribution in [-0.2, 0) is 17.2 Å². The third-order valence-electron chi connectivity index (χ3n) is 4.58. The zero-order valence-electron chi connectivity index (χ0n) is 15.7. The Hall–Kier alpha value is -3.39. The summed E-state index contributed by atoms with van der Waals surface area (Å²) in [6.45, 7) is 3.38. The Morgan fingerprint density at radius 1 is 1.11 bits per heavy atom. The van der Waals surface area contributed by atoms with Gasteiger partial charge in [-0.05, 0) is 43.3 Å². The quantitative estimate of drug-likeness (QED) is 0.708. The Morgan fingerprint density at radius 3 is 2.43 bits per heavy atom. The Morgan fingerprint density at radius 2 is 1.79 bits per heavy atom. The summed E-state index contributed by atoms with van der Waals surface area (Å²) in [5, 5.41) is 10.1. The molecule has 2 amide bonds. The Labute approximate surface area is 162 Å². The second-order valence-electron chi connectivity index (χ2n) is 6.98. The lowest BCUT2D eigenvalue weighted by Gasteiger charge is -2.36. The van der Waals surface area contributed by atoms with Crippen LogP contribution in [0.15, 0.2) is 54.9 Å². The van der Waals surface area contributed by atoms with Crippen LogP contribution in [0.5, 0.6) is 11.5 Å². The summed E-state index contributed by atoms with van der Waals surface area (Å²) in [7, 11) is 1.80. The highest BCUT2D eigenvalue weighted by atomic mass is 16.5. The molecule has 0 atom stereocenters. The molecule has 0 radical (unpaired) electrons. The lowest BCUT2D eigenvalue weighted by Crippen LogP contribution is -2.44. The lowest BCUT2D eigenvalue weighted by molar-refractivity contribution is -0.0522. The average Bonchev–Trinajstić information content (AvgIpc) is 3.03. The number of carbonyl (C=O) groups is 1. The maximum atomic E-state index is 12.3. The molecule has 1 aliphatic rings. The largest absolute Gasteiger partial charge is 0.457 e. The number of rotatable bonds is 5. The third kappa shape index (κ3) is 3.81. The molecule has 2 N–H and O–H groups in total. The van der Waals surface area contributed by atoms with Gasteiger partial charge in [0.1, 0.15) is 17.3 Å². The van der Waals surface area contributed by atoms with Crippen molar-refractivity contribution in [2.75, 3.05) is 23.8 Å². The number of amides is 2. The predicted octanol–water partition coefficient (Wildman–Crippen LogP) is 3.54. The van der Waals surface area contributed by atoms with E-state index in [-0.39, 0.29) is 11.4 Å². The summed E-state index contributed by atoms with van der Waals surface area (Å²) < 4.78 is 12.7. The van der Waals surface area contributed by atoms with Gasteiger partial charge in [-0.25, -0.2) is 4.79 Å². The highest BCUT2D eigenvalue weighted by Gasteiger charge is 2.38. The summed E-state index contributed by atoms with van der Waals surface area (Å²) in [5.74, 6) is 1.99. The first-order valence-corrected chi connectivity index (χ1v) is 8.90. The number of aromatic nitrogens is 3. The molecule has 0 unspecified atom stereocenters. The van der Waals surface area contributed by atoms with Crippen molar-refractivity contribution in [1.82, 2.24) is 14.8 Å². The van der Waals surface area contributed by atoms with E-state index in [1.54, 1.807) is 60.5 Å². The Bertz CT molecular complexity index is 965. The number of aryl methyl sites for hydroxylation is 1. The number of hydrogen-bond acceptors (Lipinski definition) is 5. The summed E-state index contributed by atoms with van der Waals surface area (Å²) >= 11 is 0. The molecule has 1 saturated heterocycles. The van der Waals surface area contributed by atoms with Crippen LogP contribution in [-0.4, -0.2) is 34.0 Å². The third-order valence-corrected chi connectivity index (χ3v) is 4.58. The van der Waals surface area contributed by atoms with E-state index in [0.29, 0.717) is 36.2 Å². The van der Waals surface area contributed by atoms with Crippen LogP contribution in [0.1, 0.15) is 12.6 Å². The monoisotopic (exact) mass is 379 g/mol. The maximum Gasteiger partial charge on any atom is 0.324 e. The fourth-order valence-electron chi connectivity index (χ4n) is 2.86. The van der Waals surface area contributed by atoms with E-state index in [0.717, 1.165) is 5.69 Å². The van der Waals surface area contributed by atoms with Crippen LogP contribution in [0.25, 0.3) is 0 Å². The molecule has 3 heterocycles. The second kappa shape index (κ2) is 7.32. The van der Waals surface area contributed by atoms with Crippen molar-refractivity contribution in [1.29, 1.82) is 0 Å². The number of pyridine rings is 1. The van der Waals surface area contributed by atoms with Crippen molar-refractivity contribution in [3.63, 3.8) is 0 Å². The molecule has 4 rings (SSSR count). The van der Waals surface area contributed by atoms with Gasteiger partial charge in [-0.2, -0.15) is 5.10 Å². The van der Waals surface area contributed by atoms with Crippen LogP contribution in [0.3, 0.4) is 0 Å². The molecule has 0 aliphatic carbocycles. The van der Waals surface area contributed by atoms with Gasteiger partial charge < -0.3 is 14.8 Å². The summed E-state index contributed by atoms with van der Waals surface area (Å²) in [5.41, 5.74) is 1.48. The van der Waals surface area contributed by atoms with Crippen LogP contribution in [0, 0.1) is 0 Å². The Balaban J connectivity index is 1.36. The number of urea groups is 1. The maximum absolute atomic E-state index is 12.3. The zero-order valence-corrected chi connectivity index (χ0v) is 15.7. The molecular weight excluding hydrogens is 358 g/mol. The molecule has 8 heteroatoms. The Kier molecular flexibility index (Phi) is 4.70. The number of hydrogen-bond donors (Lipinski definition) is 2. The van der Waals surface area contributed by atoms with Crippen molar-refractivity contribution in [3.8, 4) is 11.5 Å². The predicted molar refractivity (Wildman–Crippen MR) is 105 cm³/mol. The fourth-order valence-corrected chi connectivity index (χ4v) is 2.86. The molecule has 3 aromatic rings. The van der Waals surface area contributed by atoms with E-state index >= 15 is 0 Å². The van der Waals surface area contributed by atoms with E-state index in [1.807, 2.05) is 6.07 Å². The number of nitrogens with zero attached hydrogens (tertiary/aromatic N) is 3. The zero-order chi connectivity index (χ0) is 19.6. The number of ether oxygens (including phenoxy) is 2. The van der Waals surface area contributed by atoms with Crippen molar-refractivity contribution in [2.24, 2.45) is 7.05 Å². The van der Waals surface area contributed by atoms with Gasteiger partial charge in [-0.1, -0.05) is 0 Å². The van der Waals surface area contributed by atoms with Crippen LogP contribution in [0.4, 0.5) is 16.3 Å². The van der Waals surface area contributed by atoms with Crippen molar-refractivity contribution >= 4 is 17.5 Å². The molecule has 1 fully saturated rings. The van der Waals surface area contributed by atoms with E-state index in [2.05, 4.69) is 27.6 Å². The van der Waals surface area contributed by atoms with Gasteiger partial charge in [-0.15, -0.1) is 0 Å². The highest BCUT2D eigenvalue weighted by Crippen LogP contribution is 2.32. The SMILES string of the molecule is Cn1nc(C2(C)COC2)cc1NC(=O)Nc1ccc(Oc2ccncc2)cc1. The number of benzene rings is 1. The highest BCUT2D eigenvalue weighted by molar-refractivity contribution is 5.99. The second-order valence-corrected chi connectivity index (χ2v) is 6.98. The topological polar surface area (TPSA) is 90.3 Å². The first kappa shape index (κ1) is 18.0.